The predicted molar refractivity (Wildman–Crippen MR) is 188 cm³/mol. The van der Waals surface area contributed by atoms with Gasteiger partial charge >= 0.3 is 0 Å². The van der Waals surface area contributed by atoms with Crippen LogP contribution < -0.4 is 0 Å². The molecule has 0 atom stereocenters. The highest BCUT2D eigenvalue weighted by Crippen LogP contribution is 2.47. The number of benzene rings is 2. The second kappa shape index (κ2) is 16.4. The zero-order chi connectivity index (χ0) is 34.1. The van der Waals surface area contributed by atoms with E-state index in [1.807, 2.05) is 80.8 Å². The van der Waals surface area contributed by atoms with E-state index in [2.05, 4.69) is 9.97 Å². The molecule has 0 amide bonds. The van der Waals surface area contributed by atoms with Crippen LogP contribution >= 0.6 is 24.0 Å². The van der Waals surface area contributed by atoms with E-state index in [0.29, 0.717) is 72.9 Å². The minimum absolute atomic E-state index is 0.0159. The first-order chi connectivity index (χ1) is 23.2. The van der Waals surface area contributed by atoms with Crippen LogP contribution in [0.3, 0.4) is 0 Å². The number of aromatic nitrogens is 2. The van der Waals surface area contributed by atoms with Crippen LogP contribution in [0.2, 0.25) is 0 Å². The number of ether oxygens (including phenoxy) is 3. The van der Waals surface area contributed by atoms with Gasteiger partial charge in [0.15, 0.2) is 5.60 Å². The first-order valence-electron chi connectivity index (χ1n) is 16.3. The van der Waals surface area contributed by atoms with Crippen LogP contribution in [0.25, 0.3) is 0 Å². The maximum absolute atomic E-state index is 13.8. The van der Waals surface area contributed by atoms with Gasteiger partial charge in [0.05, 0.1) is 49.2 Å². The van der Waals surface area contributed by atoms with Crippen molar-refractivity contribution in [1.82, 2.24) is 9.97 Å². The Labute approximate surface area is 291 Å². The molecule has 0 spiro atoms. The van der Waals surface area contributed by atoms with Crippen molar-refractivity contribution in [2.45, 2.75) is 89.0 Å². The lowest BCUT2D eigenvalue weighted by molar-refractivity contribution is -0.151. The number of aryl methyl sites for hydroxylation is 2. The monoisotopic (exact) mass is 692 g/mol. The van der Waals surface area contributed by atoms with E-state index in [0.717, 1.165) is 16.8 Å². The highest BCUT2D eigenvalue weighted by Gasteiger charge is 2.51. The van der Waals surface area contributed by atoms with E-state index in [1.54, 1.807) is 12.1 Å². The Morgan fingerprint density at radius 1 is 0.792 bits per heavy atom. The van der Waals surface area contributed by atoms with Crippen molar-refractivity contribution in [3.8, 4) is 0 Å². The van der Waals surface area contributed by atoms with E-state index < -0.39 is 11.2 Å². The standard InChI is InChI=1S/C20H22FNO2S2.C18H20FNO2/c1-3-15-9-18(22-12-17(15)21)20(24-19(25)26-2)10-16(11-20)23-13-14-7-5-4-6-8-14;1-2-14-8-17(20-11-16(14)19)18(21)9-15(10-18)22-12-13-6-4-3-5-7-13/h4-9,12,16H,3,10-11,13H2,1-2H3;3-8,11,15,21H,2,9-10,12H2,1H3. The summed E-state index contributed by atoms with van der Waals surface area (Å²) in [5.41, 5.74) is 3.15. The van der Waals surface area contributed by atoms with Crippen LogP contribution in [0.5, 0.6) is 0 Å². The van der Waals surface area contributed by atoms with E-state index in [9.17, 15) is 13.9 Å². The van der Waals surface area contributed by atoms with E-state index in [-0.39, 0.29) is 23.8 Å². The molecule has 6 nitrogen and oxygen atoms in total. The number of thioether (sulfide) groups is 1. The molecule has 48 heavy (non-hydrogen) atoms. The first-order valence-corrected chi connectivity index (χ1v) is 17.9. The quantitative estimate of drug-likeness (QED) is 0.157. The van der Waals surface area contributed by atoms with Crippen molar-refractivity contribution >= 4 is 28.4 Å². The Hall–Kier alpha value is -3.28. The van der Waals surface area contributed by atoms with Gasteiger partial charge < -0.3 is 19.3 Å². The van der Waals surface area contributed by atoms with Crippen LogP contribution in [0.15, 0.2) is 85.2 Å². The molecule has 0 radical (unpaired) electrons. The number of thiocarbonyl (C=S) groups is 1. The second-order valence-corrected chi connectivity index (χ2v) is 13.7. The zero-order valence-electron chi connectivity index (χ0n) is 27.5. The maximum atomic E-state index is 13.8. The lowest BCUT2D eigenvalue weighted by Crippen LogP contribution is -2.49. The fourth-order valence-corrected chi connectivity index (χ4v) is 6.35. The van der Waals surface area contributed by atoms with Gasteiger partial charge in [0, 0.05) is 25.7 Å². The molecule has 10 heteroatoms. The van der Waals surface area contributed by atoms with Gasteiger partial charge in [0.2, 0.25) is 4.38 Å². The summed E-state index contributed by atoms with van der Waals surface area (Å²) >= 11 is 6.66. The molecule has 0 aliphatic heterocycles. The van der Waals surface area contributed by atoms with Crippen LogP contribution in [0.4, 0.5) is 8.78 Å². The Balaban J connectivity index is 0.000000190. The van der Waals surface area contributed by atoms with Crippen molar-refractivity contribution in [3.05, 3.63) is 130 Å². The molecular weight excluding hydrogens is 651 g/mol. The number of pyridine rings is 2. The van der Waals surface area contributed by atoms with Gasteiger partial charge in [0.1, 0.15) is 17.2 Å². The van der Waals surface area contributed by atoms with Crippen LogP contribution in [-0.2, 0) is 51.5 Å². The molecule has 2 fully saturated rings. The van der Waals surface area contributed by atoms with Crippen LogP contribution in [0.1, 0.15) is 73.2 Å². The summed E-state index contributed by atoms with van der Waals surface area (Å²) in [5.74, 6) is -0.596. The van der Waals surface area contributed by atoms with Crippen LogP contribution in [-0.4, -0.2) is 37.9 Å². The molecule has 1 N–H and O–H groups in total. The molecule has 6 rings (SSSR count). The molecule has 2 aliphatic rings. The van der Waals surface area contributed by atoms with Crippen molar-refractivity contribution < 1.29 is 28.1 Å². The molecule has 2 aromatic heterocycles. The number of halogens is 2. The van der Waals surface area contributed by atoms with Crippen molar-refractivity contribution in [1.29, 1.82) is 0 Å². The normalized spacial score (nSPS) is 22.9. The van der Waals surface area contributed by atoms with Gasteiger partial charge in [0.25, 0.3) is 0 Å². The summed E-state index contributed by atoms with van der Waals surface area (Å²) < 4.78 is 45.7. The van der Waals surface area contributed by atoms with Crippen molar-refractivity contribution in [2.75, 3.05) is 6.26 Å². The summed E-state index contributed by atoms with van der Waals surface area (Å²) in [6, 6.07) is 23.5. The molecule has 2 saturated carbocycles. The largest absolute Gasteiger partial charge is 0.465 e. The molecular formula is C38H42F2N2O4S2. The minimum Gasteiger partial charge on any atom is -0.465 e. The summed E-state index contributed by atoms with van der Waals surface area (Å²) in [6.07, 6.45) is 7.95. The highest BCUT2D eigenvalue weighted by atomic mass is 32.2. The maximum Gasteiger partial charge on any atom is 0.220 e. The number of rotatable bonds is 11. The van der Waals surface area contributed by atoms with Gasteiger partial charge in [-0.15, -0.1) is 0 Å². The zero-order valence-corrected chi connectivity index (χ0v) is 29.2. The van der Waals surface area contributed by atoms with Gasteiger partial charge in [-0.3, -0.25) is 9.97 Å². The Kier molecular flexibility index (Phi) is 12.3. The topological polar surface area (TPSA) is 73.7 Å². The first kappa shape index (κ1) is 36.0. The van der Waals surface area contributed by atoms with Crippen molar-refractivity contribution in [3.63, 3.8) is 0 Å². The molecule has 0 unspecified atom stereocenters. The number of hydrogen-bond acceptors (Lipinski definition) is 8. The fourth-order valence-electron chi connectivity index (χ4n) is 5.94. The molecule has 254 valence electrons. The lowest BCUT2D eigenvalue weighted by Gasteiger charge is -2.46. The fraction of sp³-hybridized carbons (Fsp3) is 0.395. The molecule has 2 aromatic carbocycles. The molecule has 4 aromatic rings. The van der Waals surface area contributed by atoms with Gasteiger partial charge in [-0.05, 0) is 65.7 Å². The average Bonchev–Trinajstić information content (AvgIpc) is 3.08. The molecule has 2 heterocycles. The van der Waals surface area contributed by atoms with Crippen LogP contribution in [0, 0.1) is 11.6 Å². The second-order valence-electron chi connectivity index (χ2n) is 12.3. The Morgan fingerprint density at radius 2 is 1.25 bits per heavy atom. The SMILES string of the molecule is CCc1cc(C2(O)CC(OCc3ccccc3)C2)ncc1F.CCc1cc(C2(OC(=S)SC)CC(OCc3ccccc3)C2)ncc1F. The lowest BCUT2D eigenvalue weighted by atomic mass is 9.74. The van der Waals surface area contributed by atoms with Gasteiger partial charge in [-0.1, -0.05) is 86.3 Å². The summed E-state index contributed by atoms with van der Waals surface area (Å²) in [4.78, 5) is 8.35. The smallest absolute Gasteiger partial charge is 0.220 e. The van der Waals surface area contributed by atoms with Gasteiger partial charge in [-0.25, -0.2) is 8.78 Å². The number of nitrogens with zero attached hydrogens (tertiary/aromatic N) is 2. The number of hydrogen-bond donors (Lipinski definition) is 1. The van der Waals surface area contributed by atoms with E-state index in [1.165, 1.54) is 24.2 Å². The summed E-state index contributed by atoms with van der Waals surface area (Å²) in [6.45, 7) is 4.91. The third kappa shape index (κ3) is 8.84. The van der Waals surface area contributed by atoms with E-state index in [4.69, 9.17) is 26.4 Å². The third-order valence-electron chi connectivity index (χ3n) is 8.92. The molecule has 2 aliphatic carbocycles. The summed E-state index contributed by atoms with van der Waals surface area (Å²) in [7, 11) is 0. The average molecular weight is 693 g/mol. The minimum atomic E-state index is -0.987. The third-order valence-corrected chi connectivity index (χ3v) is 9.92. The summed E-state index contributed by atoms with van der Waals surface area (Å²) in [5, 5.41) is 10.6. The number of aliphatic hydroxyl groups is 1. The van der Waals surface area contributed by atoms with Gasteiger partial charge in [-0.2, -0.15) is 0 Å². The highest BCUT2D eigenvalue weighted by molar-refractivity contribution is 8.22. The predicted octanol–water partition coefficient (Wildman–Crippen LogP) is 8.37. The Bertz CT molecular complexity index is 1650. The Morgan fingerprint density at radius 3 is 1.73 bits per heavy atom. The molecule has 0 saturated heterocycles. The van der Waals surface area contributed by atoms with Crippen molar-refractivity contribution in [2.24, 2.45) is 0 Å². The molecule has 0 bridgehead atoms. The van der Waals surface area contributed by atoms with E-state index >= 15 is 0 Å².